The maximum Gasteiger partial charge on any atom is 0.307 e. The molecular formula is C13H23NO4S. The highest BCUT2D eigenvalue weighted by molar-refractivity contribution is 7.89. The lowest BCUT2D eigenvalue weighted by molar-refractivity contribution is -0.141. The van der Waals surface area contributed by atoms with E-state index in [9.17, 15) is 13.2 Å². The van der Waals surface area contributed by atoms with Crippen LogP contribution < -0.4 is 0 Å². The van der Waals surface area contributed by atoms with E-state index in [1.807, 2.05) is 0 Å². The fourth-order valence-corrected chi connectivity index (χ4v) is 5.67. The third-order valence-corrected chi connectivity index (χ3v) is 6.95. The van der Waals surface area contributed by atoms with Crippen molar-refractivity contribution in [2.24, 2.45) is 11.8 Å². The van der Waals surface area contributed by atoms with Crippen LogP contribution in [-0.2, 0) is 14.8 Å². The molecule has 110 valence electrons. The topological polar surface area (TPSA) is 74.7 Å². The van der Waals surface area contributed by atoms with Gasteiger partial charge in [0.25, 0.3) is 0 Å². The first-order valence-corrected chi connectivity index (χ1v) is 8.69. The minimum absolute atomic E-state index is 0.424. The van der Waals surface area contributed by atoms with E-state index in [1.165, 1.54) is 0 Å². The Kier molecular flexibility index (Phi) is 4.50. The van der Waals surface area contributed by atoms with Crippen LogP contribution in [0.3, 0.4) is 0 Å². The highest BCUT2D eigenvalue weighted by atomic mass is 32.2. The Morgan fingerprint density at radius 3 is 2.63 bits per heavy atom. The highest BCUT2D eigenvalue weighted by Crippen LogP contribution is 2.34. The second kappa shape index (κ2) is 5.79. The summed E-state index contributed by atoms with van der Waals surface area (Å²) in [5.74, 6) is -1.25. The van der Waals surface area contributed by atoms with Crippen LogP contribution in [-0.4, -0.2) is 42.1 Å². The van der Waals surface area contributed by atoms with Gasteiger partial charge in [-0.3, -0.25) is 4.79 Å². The molecule has 1 heterocycles. The summed E-state index contributed by atoms with van der Waals surface area (Å²) in [6, 6.07) is 0. The first kappa shape index (κ1) is 14.8. The molecule has 0 bridgehead atoms. The van der Waals surface area contributed by atoms with Crippen molar-refractivity contribution in [3.05, 3.63) is 0 Å². The van der Waals surface area contributed by atoms with Crippen LogP contribution in [0.2, 0.25) is 0 Å². The second-order valence-electron chi connectivity index (χ2n) is 5.73. The number of carbonyl (C=O) groups is 1. The fourth-order valence-electron chi connectivity index (χ4n) is 3.35. The zero-order chi connectivity index (χ0) is 14.0. The van der Waals surface area contributed by atoms with E-state index >= 15 is 0 Å². The molecule has 0 radical (unpaired) electrons. The molecule has 1 aliphatic carbocycles. The van der Waals surface area contributed by atoms with Gasteiger partial charge in [-0.15, -0.1) is 0 Å². The molecule has 0 spiro atoms. The molecular weight excluding hydrogens is 266 g/mol. The summed E-state index contributed by atoms with van der Waals surface area (Å²) in [6.07, 6.45) is 4.64. The van der Waals surface area contributed by atoms with Crippen LogP contribution in [0.5, 0.6) is 0 Å². The van der Waals surface area contributed by atoms with E-state index in [1.54, 1.807) is 4.31 Å². The lowest BCUT2D eigenvalue weighted by atomic mass is 9.97. The Morgan fingerprint density at radius 2 is 2.00 bits per heavy atom. The molecule has 2 rings (SSSR count). The Bertz CT molecular complexity index is 434. The highest BCUT2D eigenvalue weighted by Gasteiger charge is 2.44. The summed E-state index contributed by atoms with van der Waals surface area (Å²) >= 11 is 0. The number of rotatable bonds is 4. The molecule has 5 nitrogen and oxygen atoms in total. The first-order chi connectivity index (χ1) is 8.96. The largest absolute Gasteiger partial charge is 0.481 e. The van der Waals surface area contributed by atoms with Crippen molar-refractivity contribution >= 4 is 16.0 Å². The molecule has 1 saturated carbocycles. The Labute approximate surface area is 115 Å². The van der Waals surface area contributed by atoms with Crippen molar-refractivity contribution in [1.82, 2.24) is 4.31 Å². The number of carboxylic acids is 1. The van der Waals surface area contributed by atoms with Crippen molar-refractivity contribution in [1.29, 1.82) is 0 Å². The van der Waals surface area contributed by atoms with E-state index in [0.29, 0.717) is 38.3 Å². The molecule has 0 aromatic carbocycles. The number of aliphatic carboxylic acids is 1. The Balaban J connectivity index is 2.15. The summed E-state index contributed by atoms with van der Waals surface area (Å²) in [5.41, 5.74) is 0. The van der Waals surface area contributed by atoms with E-state index in [2.05, 4.69) is 6.92 Å². The van der Waals surface area contributed by atoms with Crippen LogP contribution in [0.1, 0.15) is 45.4 Å². The van der Waals surface area contributed by atoms with Gasteiger partial charge >= 0.3 is 5.97 Å². The number of hydrogen-bond acceptors (Lipinski definition) is 3. The van der Waals surface area contributed by atoms with Crippen LogP contribution in [0.4, 0.5) is 0 Å². The lowest BCUT2D eigenvalue weighted by Crippen LogP contribution is -2.46. The van der Waals surface area contributed by atoms with Gasteiger partial charge in [0.05, 0.1) is 11.2 Å². The molecule has 1 aliphatic heterocycles. The van der Waals surface area contributed by atoms with Crippen molar-refractivity contribution in [3.8, 4) is 0 Å². The van der Waals surface area contributed by atoms with Gasteiger partial charge in [-0.05, 0) is 31.6 Å². The molecule has 1 N–H and O–H groups in total. The molecule has 2 aliphatic rings. The molecule has 0 aromatic heterocycles. The summed E-state index contributed by atoms with van der Waals surface area (Å²) in [7, 11) is -3.45. The normalized spacial score (nSPS) is 33.4. The summed E-state index contributed by atoms with van der Waals surface area (Å²) in [5, 5.41) is 8.45. The van der Waals surface area contributed by atoms with Gasteiger partial charge in [0.1, 0.15) is 0 Å². The molecule has 0 aromatic rings. The number of carboxylic acid groups (broad SMARTS) is 1. The summed E-state index contributed by atoms with van der Waals surface area (Å²) in [6.45, 7) is 3.21. The number of nitrogens with zero attached hydrogens (tertiary/aromatic N) is 1. The van der Waals surface area contributed by atoms with Crippen LogP contribution >= 0.6 is 0 Å². The van der Waals surface area contributed by atoms with Crippen LogP contribution in [0.15, 0.2) is 0 Å². The van der Waals surface area contributed by atoms with Gasteiger partial charge in [-0.25, -0.2) is 12.7 Å². The van der Waals surface area contributed by atoms with Gasteiger partial charge in [0, 0.05) is 13.1 Å². The third-order valence-electron chi connectivity index (χ3n) is 4.57. The molecule has 2 fully saturated rings. The van der Waals surface area contributed by atoms with Crippen molar-refractivity contribution < 1.29 is 18.3 Å². The van der Waals surface area contributed by atoms with Crippen molar-refractivity contribution in [3.63, 3.8) is 0 Å². The maximum absolute atomic E-state index is 12.6. The van der Waals surface area contributed by atoms with Crippen molar-refractivity contribution in [2.75, 3.05) is 13.1 Å². The average molecular weight is 289 g/mol. The average Bonchev–Trinajstić information content (AvgIpc) is 2.89. The van der Waals surface area contributed by atoms with Gasteiger partial charge in [0.15, 0.2) is 0 Å². The number of piperidine rings is 1. The van der Waals surface area contributed by atoms with E-state index in [4.69, 9.17) is 5.11 Å². The van der Waals surface area contributed by atoms with Gasteiger partial charge in [-0.1, -0.05) is 19.8 Å². The number of sulfonamides is 1. The van der Waals surface area contributed by atoms with Gasteiger partial charge in [-0.2, -0.15) is 0 Å². The molecule has 3 unspecified atom stereocenters. The zero-order valence-electron chi connectivity index (χ0n) is 11.4. The van der Waals surface area contributed by atoms with Gasteiger partial charge < -0.3 is 5.11 Å². The Morgan fingerprint density at radius 1 is 1.26 bits per heavy atom. The minimum atomic E-state index is -3.45. The quantitative estimate of drug-likeness (QED) is 0.854. The van der Waals surface area contributed by atoms with E-state index in [-0.39, 0.29) is 0 Å². The second-order valence-corrected chi connectivity index (χ2v) is 7.89. The third kappa shape index (κ3) is 2.94. The SMILES string of the molecule is CCC1CCCN(S(=O)(=O)C2CCCC2C(=O)O)C1. The summed E-state index contributed by atoms with van der Waals surface area (Å²) < 4.78 is 26.8. The predicted octanol–water partition coefficient (Wildman–Crippen LogP) is 1.69. The maximum atomic E-state index is 12.6. The van der Waals surface area contributed by atoms with Crippen LogP contribution in [0.25, 0.3) is 0 Å². The van der Waals surface area contributed by atoms with Crippen molar-refractivity contribution in [2.45, 2.75) is 50.7 Å². The minimum Gasteiger partial charge on any atom is -0.481 e. The van der Waals surface area contributed by atoms with Gasteiger partial charge in [0.2, 0.25) is 10.0 Å². The summed E-state index contributed by atoms with van der Waals surface area (Å²) in [4.78, 5) is 11.2. The number of hydrogen-bond donors (Lipinski definition) is 1. The standard InChI is InChI=1S/C13H23NO4S/c1-2-10-5-4-8-14(9-10)19(17,18)12-7-3-6-11(12)13(15)16/h10-12H,2-9H2,1H3,(H,15,16). The molecule has 1 saturated heterocycles. The van der Waals surface area contributed by atoms with Crippen LogP contribution in [0, 0.1) is 11.8 Å². The molecule has 6 heteroatoms. The fraction of sp³-hybridized carbons (Fsp3) is 0.923. The Hall–Kier alpha value is -0.620. The smallest absolute Gasteiger partial charge is 0.307 e. The first-order valence-electron chi connectivity index (χ1n) is 7.18. The zero-order valence-corrected chi connectivity index (χ0v) is 12.2. The monoisotopic (exact) mass is 289 g/mol. The lowest BCUT2D eigenvalue weighted by Gasteiger charge is -2.34. The van der Waals surface area contributed by atoms with E-state index in [0.717, 1.165) is 19.3 Å². The molecule has 3 atom stereocenters. The molecule has 0 amide bonds. The van der Waals surface area contributed by atoms with E-state index < -0.39 is 27.2 Å². The molecule has 19 heavy (non-hydrogen) atoms. The predicted molar refractivity (Wildman–Crippen MR) is 72.3 cm³/mol.